The number of fused-ring (bicyclic) bond motifs is 2. The number of benzene rings is 2. The molecule has 0 aliphatic carbocycles. The SMILES string of the molecule is CCc1ccc2c(CN3CCN(C(=O)c4cc5ccccc5[nH]4)CC3)cc(=O)oc2c1. The third-order valence-electron chi connectivity index (χ3n) is 6.12. The largest absolute Gasteiger partial charge is 0.423 e. The maximum atomic E-state index is 12.9. The topological polar surface area (TPSA) is 69.6 Å². The van der Waals surface area contributed by atoms with E-state index >= 15 is 0 Å². The first-order chi connectivity index (χ1) is 15.1. The van der Waals surface area contributed by atoms with Gasteiger partial charge in [-0.25, -0.2) is 4.79 Å². The van der Waals surface area contributed by atoms with Gasteiger partial charge in [0.1, 0.15) is 11.3 Å². The fourth-order valence-corrected chi connectivity index (χ4v) is 4.33. The summed E-state index contributed by atoms with van der Waals surface area (Å²) in [7, 11) is 0. The number of hydrogen-bond acceptors (Lipinski definition) is 4. The molecule has 6 heteroatoms. The number of nitrogens with zero attached hydrogens (tertiary/aromatic N) is 2. The maximum absolute atomic E-state index is 12.9. The number of piperazine rings is 1. The Morgan fingerprint density at radius 3 is 2.61 bits per heavy atom. The lowest BCUT2D eigenvalue weighted by atomic mass is 10.1. The van der Waals surface area contributed by atoms with Crippen molar-refractivity contribution in [3.63, 3.8) is 0 Å². The van der Waals surface area contributed by atoms with Crippen LogP contribution in [0.5, 0.6) is 0 Å². The van der Waals surface area contributed by atoms with Crippen molar-refractivity contribution >= 4 is 27.8 Å². The molecule has 0 unspecified atom stereocenters. The zero-order valence-corrected chi connectivity index (χ0v) is 17.6. The first kappa shape index (κ1) is 19.6. The molecule has 1 saturated heterocycles. The van der Waals surface area contributed by atoms with Crippen LogP contribution in [0.1, 0.15) is 28.5 Å². The van der Waals surface area contributed by atoms with Crippen LogP contribution in [0.25, 0.3) is 21.9 Å². The van der Waals surface area contributed by atoms with Crippen LogP contribution in [0, 0.1) is 0 Å². The molecule has 0 bridgehead atoms. The lowest BCUT2D eigenvalue weighted by Crippen LogP contribution is -2.48. The van der Waals surface area contributed by atoms with Crippen molar-refractivity contribution in [1.82, 2.24) is 14.8 Å². The summed E-state index contributed by atoms with van der Waals surface area (Å²) in [6.45, 7) is 5.60. The lowest BCUT2D eigenvalue weighted by molar-refractivity contribution is 0.0624. The summed E-state index contributed by atoms with van der Waals surface area (Å²) < 4.78 is 5.43. The third-order valence-corrected chi connectivity index (χ3v) is 6.12. The fraction of sp³-hybridized carbons (Fsp3) is 0.280. The second kappa shape index (κ2) is 8.04. The predicted molar refractivity (Wildman–Crippen MR) is 121 cm³/mol. The van der Waals surface area contributed by atoms with Crippen LogP contribution in [-0.4, -0.2) is 46.9 Å². The van der Waals surface area contributed by atoms with Crippen LogP contribution in [0.3, 0.4) is 0 Å². The van der Waals surface area contributed by atoms with E-state index in [-0.39, 0.29) is 11.5 Å². The highest BCUT2D eigenvalue weighted by molar-refractivity contribution is 5.98. The van der Waals surface area contributed by atoms with Gasteiger partial charge in [-0.3, -0.25) is 9.69 Å². The van der Waals surface area contributed by atoms with Crippen molar-refractivity contribution in [2.24, 2.45) is 0 Å². The molecule has 5 rings (SSSR count). The Labute approximate surface area is 180 Å². The molecule has 2 aromatic heterocycles. The molecule has 6 nitrogen and oxygen atoms in total. The number of nitrogens with one attached hydrogen (secondary N) is 1. The van der Waals surface area contributed by atoms with E-state index in [4.69, 9.17) is 4.42 Å². The van der Waals surface area contributed by atoms with Crippen LogP contribution >= 0.6 is 0 Å². The zero-order chi connectivity index (χ0) is 21.4. The monoisotopic (exact) mass is 415 g/mol. The smallest absolute Gasteiger partial charge is 0.336 e. The van der Waals surface area contributed by atoms with Gasteiger partial charge >= 0.3 is 5.63 Å². The Morgan fingerprint density at radius 1 is 1.03 bits per heavy atom. The van der Waals surface area contributed by atoms with Gasteiger partial charge in [-0.1, -0.05) is 37.3 Å². The zero-order valence-electron chi connectivity index (χ0n) is 17.6. The minimum atomic E-state index is -0.316. The van der Waals surface area contributed by atoms with E-state index in [1.54, 1.807) is 6.07 Å². The molecular formula is C25H25N3O3. The van der Waals surface area contributed by atoms with E-state index in [1.165, 1.54) is 0 Å². The summed E-state index contributed by atoms with van der Waals surface area (Å²) >= 11 is 0. The van der Waals surface area contributed by atoms with Crippen LogP contribution in [0.2, 0.25) is 0 Å². The summed E-state index contributed by atoms with van der Waals surface area (Å²) in [4.78, 5) is 32.4. The summed E-state index contributed by atoms with van der Waals surface area (Å²) in [5.74, 6) is 0.0359. The van der Waals surface area contributed by atoms with Gasteiger partial charge in [-0.2, -0.15) is 0 Å². The number of hydrogen-bond donors (Lipinski definition) is 1. The number of aryl methyl sites for hydroxylation is 1. The van der Waals surface area contributed by atoms with E-state index in [0.717, 1.165) is 46.9 Å². The van der Waals surface area contributed by atoms with Gasteiger partial charge in [-0.15, -0.1) is 0 Å². The number of aromatic amines is 1. The summed E-state index contributed by atoms with van der Waals surface area (Å²) in [5, 5.41) is 2.03. The van der Waals surface area contributed by atoms with Crippen LogP contribution in [0.4, 0.5) is 0 Å². The third kappa shape index (κ3) is 3.86. The Morgan fingerprint density at radius 2 is 1.84 bits per heavy atom. The van der Waals surface area contributed by atoms with E-state index in [9.17, 15) is 9.59 Å². The molecule has 2 aromatic carbocycles. The van der Waals surface area contributed by atoms with Gasteiger partial charge in [0.15, 0.2) is 0 Å². The molecule has 0 spiro atoms. The number of para-hydroxylation sites is 1. The molecule has 0 saturated carbocycles. The van der Waals surface area contributed by atoms with Gasteiger partial charge < -0.3 is 14.3 Å². The van der Waals surface area contributed by atoms with Crippen molar-refractivity contribution in [3.05, 3.63) is 81.8 Å². The van der Waals surface area contributed by atoms with Gasteiger partial charge in [-0.05, 0) is 35.7 Å². The number of amides is 1. The Hall–Kier alpha value is -3.38. The maximum Gasteiger partial charge on any atom is 0.336 e. The minimum absolute atomic E-state index is 0.0359. The number of rotatable bonds is 4. The molecule has 0 radical (unpaired) electrons. The molecule has 1 aliphatic heterocycles. The number of carbonyl (C=O) groups excluding carboxylic acids is 1. The Balaban J connectivity index is 1.29. The minimum Gasteiger partial charge on any atom is -0.423 e. The van der Waals surface area contributed by atoms with Crippen molar-refractivity contribution in [2.75, 3.05) is 26.2 Å². The van der Waals surface area contributed by atoms with Gasteiger partial charge in [0.05, 0.1) is 0 Å². The normalized spacial score (nSPS) is 15.1. The quantitative estimate of drug-likeness (QED) is 0.515. The molecule has 158 valence electrons. The van der Waals surface area contributed by atoms with Crippen molar-refractivity contribution in [1.29, 1.82) is 0 Å². The highest BCUT2D eigenvalue weighted by atomic mass is 16.4. The van der Waals surface area contributed by atoms with E-state index in [0.29, 0.717) is 30.9 Å². The second-order valence-corrected chi connectivity index (χ2v) is 8.11. The van der Waals surface area contributed by atoms with Gasteiger partial charge in [0, 0.05) is 55.1 Å². The van der Waals surface area contributed by atoms with Crippen LogP contribution in [-0.2, 0) is 13.0 Å². The van der Waals surface area contributed by atoms with Gasteiger partial charge in [0.25, 0.3) is 5.91 Å². The first-order valence-corrected chi connectivity index (χ1v) is 10.8. The molecule has 3 heterocycles. The highest BCUT2D eigenvalue weighted by Gasteiger charge is 2.24. The van der Waals surface area contributed by atoms with Crippen LogP contribution < -0.4 is 5.63 Å². The number of aromatic nitrogens is 1. The molecule has 31 heavy (non-hydrogen) atoms. The molecular weight excluding hydrogens is 390 g/mol. The van der Waals surface area contributed by atoms with Crippen molar-refractivity contribution in [2.45, 2.75) is 19.9 Å². The van der Waals surface area contributed by atoms with E-state index in [2.05, 4.69) is 22.9 Å². The number of H-pyrrole nitrogens is 1. The van der Waals surface area contributed by atoms with E-state index in [1.807, 2.05) is 47.4 Å². The average molecular weight is 415 g/mol. The summed E-state index contributed by atoms with van der Waals surface area (Å²) in [6.07, 6.45) is 0.899. The fourth-order valence-electron chi connectivity index (χ4n) is 4.33. The highest BCUT2D eigenvalue weighted by Crippen LogP contribution is 2.22. The second-order valence-electron chi connectivity index (χ2n) is 8.11. The number of carbonyl (C=O) groups is 1. The molecule has 1 amide bonds. The molecule has 1 N–H and O–H groups in total. The lowest BCUT2D eigenvalue weighted by Gasteiger charge is -2.34. The van der Waals surface area contributed by atoms with Crippen LogP contribution in [0.15, 0.2) is 63.8 Å². The Bertz CT molecular complexity index is 1280. The average Bonchev–Trinajstić information content (AvgIpc) is 3.23. The molecule has 4 aromatic rings. The summed E-state index contributed by atoms with van der Waals surface area (Å²) in [6, 6.07) is 17.5. The Kier molecular flexibility index (Phi) is 5.08. The van der Waals surface area contributed by atoms with Crippen molar-refractivity contribution < 1.29 is 9.21 Å². The van der Waals surface area contributed by atoms with Crippen molar-refractivity contribution in [3.8, 4) is 0 Å². The molecule has 1 aliphatic rings. The molecule has 1 fully saturated rings. The molecule has 0 atom stereocenters. The van der Waals surface area contributed by atoms with E-state index < -0.39 is 0 Å². The standard InChI is InChI=1S/C25H25N3O3/c1-2-17-7-8-20-19(15-24(29)31-23(20)13-17)16-27-9-11-28(12-10-27)25(30)22-14-18-5-3-4-6-21(18)26-22/h3-8,13-15,26H,2,9-12,16H2,1H3. The van der Waals surface area contributed by atoms with Gasteiger partial charge in [0.2, 0.25) is 0 Å². The predicted octanol–water partition coefficient (Wildman–Crippen LogP) is 3.79. The first-order valence-electron chi connectivity index (χ1n) is 10.8. The summed E-state index contributed by atoms with van der Waals surface area (Å²) in [5.41, 5.74) is 4.07.